The number of aryl methyl sites for hydroxylation is 1. The van der Waals surface area contributed by atoms with Gasteiger partial charge in [0.15, 0.2) is 5.65 Å². The van der Waals surface area contributed by atoms with Gasteiger partial charge < -0.3 is 4.90 Å². The van der Waals surface area contributed by atoms with Crippen LogP contribution in [0, 0.1) is 11.6 Å². The zero-order chi connectivity index (χ0) is 22.7. The van der Waals surface area contributed by atoms with Crippen molar-refractivity contribution in [2.45, 2.75) is 37.8 Å². The molecule has 8 heteroatoms. The summed E-state index contributed by atoms with van der Waals surface area (Å²) in [6.07, 6.45) is 6.53. The Morgan fingerprint density at radius 1 is 1.09 bits per heavy atom. The van der Waals surface area contributed by atoms with Crippen molar-refractivity contribution in [2.75, 3.05) is 0 Å². The lowest BCUT2D eigenvalue weighted by Gasteiger charge is -2.45. The number of carbonyl (C=O) groups excluding carboxylic acids is 1. The Hall–Kier alpha value is -3.68. The predicted octanol–water partition coefficient (Wildman–Crippen LogP) is 4.60. The molecule has 0 aliphatic carbocycles. The van der Waals surface area contributed by atoms with E-state index >= 15 is 0 Å². The maximum absolute atomic E-state index is 13.9. The number of nitrogens with zero attached hydrogens (tertiary/aromatic N) is 5. The van der Waals surface area contributed by atoms with E-state index in [2.05, 4.69) is 9.97 Å². The summed E-state index contributed by atoms with van der Waals surface area (Å²) < 4.78 is 29.6. The lowest BCUT2D eigenvalue weighted by atomic mass is 9.81. The van der Waals surface area contributed by atoms with Crippen LogP contribution in [0.5, 0.6) is 0 Å². The van der Waals surface area contributed by atoms with E-state index in [-0.39, 0.29) is 18.0 Å². The Bertz CT molecular complexity index is 1400. The summed E-state index contributed by atoms with van der Waals surface area (Å²) in [7, 11) is 1.78. The minimum absolute atomic E-state index is 0.00491. The van der Waals surface area contributed by atoms with Crippen LogP contribution in [0.4, 0.5) is 8.78 Å². The summed E-state index contributed by atoms with van der Waals surface area (Å²) in [5, 5.41) is 5.55. The highest BCUT2D eigenvalue weighted by Gasteiger charge is 2.43. The molecule has 33 heavy (non-hydrogen) atoms. The van der Waals surface area contributed by atoms with Crippen molar-refractivity contribution in [1.29, 1.82) is 0 Å². The fourth-order valence-corrected chi connectivity index (χ4v) is 5.43. The van der Waals surface area contributed by atoms with Crippen molar-refractivity contribution < 1.29 is 13.6 Å². The maximum atomic E-state index is 13.9. The lowest BCUT2D eigenvalue weighted by Crippen LogP contribution is -2.49. The fraction of sp³-hybridized carbons (Fsp3) is 0.280. The molecule has 1 aromatic carbocycles. The second-order valence-electron chi connectivity index (χ2n) is 8.79. The van der Waals surface area contributed by atoms with E-state index in [0.717, 1.165) is 42.0 Å². The Labute approximate surface area is 188 Å². The Morgan fingerprint density at radius 3 is 2.73 bits per heavy atom. The number of amides is 1. The third-order valence-corrected chi connectivity index (χ3v) is 6.75. The van der Waals surface area contributed by atoms with Crippen LogP contribution in [-0.2, 0) is 13.5 Å². The molecule has 0 N–H and O–H groups in total. The van der Waals surface area contributed by atoms with Gasteiger partial charge in [-0.15, -0.1) is 0 Å². The van der Waals surface area contributed by atoms with Gasteiger partial charge in [0.1, 0.15) is 11.6 Å². The van der Waals surface area contributed by atoms with Gasteiger partial charge in [0.25, 0.3) is 5.91 Å². The van der Waals surface area contributed by atoms with Crippen LogP contribution < -0.4 is 0 Å². The van der Waals surface area contributed by atoms with E-state index in [4.69, 9.17) is 5.10 Å². The molecule has 2 aliphatic heterocycles. The highest BCUT2D eigenvalue weighted by atomic mass is 19.1. The highest BCUT2D eigenvalue weighted by Crippen LogP contribution is 2.45. The second-order valence-corrected chi connectivity index (χ2v) is 8.79. The zero-order valence-corrected chi connectivity index (χ0v) is 18.0. The number of hydrogen-bond acceptors (Lipinski definition) is 4. The van der Waals surface area contributed by atoms with Crippen molar-refractivity contribution in [1.82, 2.24) is 24.6 Å². The largest absolute Gasteiger partial charge is 0.327 e. The van der Waals surface area contributed by atoms with Crippen molar-refractivity contribution in [3.8, 4) is 11.3 Å². The predicted molar refractivity (Wildman–Crippen MR) is 118 cm³/mol. The molecule has 1 saturated heterocycles. The number of piperidine rings is 1. The van der Waals surface area contributed by atoms with E-state index in [1.165, 1.54) is 12.1 Å². The van der Waals surface area contributed by atoms with Gasteiger partial charge in [-0.05, 0) is 56.0 Å². The average molecular weight is 445 g/mol. The van der Waals surface area contributed by atoms with Crippen LogP contribution >= 0.6 is 0 Å². The van der Waals surface area contributed by atoms with Crippen LogP contribution in [0.15, 0.2) is 48.8 Å². The number of fused-ring (bicyclic) bond motifs is 5. The van der Waals surface area contributed by atoms with Crippen LogP contribution in [0.1, 0.15) is 46.9 Å². The molecule has 0 radical (unpaired) electrons. The summed E-state index contributed by atoms with van der Waals surface area (Å²) in [5.41, 5.74) is 4.10. The maximum Gasteiger partial charge on any atom is 0.256 e. The minimum atomic E-state index is -0.619. The molecular weight excluding hydrogens is 424 g/mol. The molecule has 6 nitrogen and oxygen atoms in total. The summed E-state index contributed by atoms with van der Waals surface area (Å²) in [5.74, 6) is -1.31. The van der Waals surface area contributed by atoms with E-state index in [0.29, 0.717) is 28.9 Å². The molecule has 2 atom stereocenters. The Balaban J connectivity index is 1.42. The van der Waals surface area contributed by atoms with Crippen LogP contribution in [0.2, 0.25) is 0 Å². The summed E-state index contributed by atoms with van der Waals surface area (Å²) in [4.78, 5) is 24.2. The number of pyridine rings is 2. The summed E-state index contributed by atoms with van der Waals surface area (Å²) in [6, 6.07) is 8.91. The fourth-order valence-electron chi connectivity index (χ4n) is 5.43. The number of benzene rings is 1. The molecule has 2 unspecified atom stereocenters. The second kappa shape index (κ2) is 7.43. The molecular formula is C25H21F2N5O. The lowest BCUT2D eigenvalue weighted by molar-refractivity contribution is 0.0391. The minimum Gasteiger partial charge on any atom is -0.327 e. The first kappa shape index (κ1) is 20.0. The first-order valence-corrected chi connectivity index (χ1v) is 11.1. The van der Waals surface area contributed by atoms with E-state index in [1.807, 2.05) is 23.1 Å². The van der Waals surface area contributed by atoms with Gasteiger partial charge in [-0.1, -0.05) is 0 Å². The van der Waals surface area contributed by atoms with Gasteiger partial charge in [-0.3, -0.25) is 9.48 Å². The molecule has 3 aromatic heterocycles. The van der Waals surface area contributed by atoms with Crippen LogP contribution in [-0.4, -0.2) is 36.6 Å². The standard InChI is InChI=1S/C25H21F2N5O/c1-31-23(15-9-17(26)11-18(27)10-15)20-12-19-5-2-6-21(22(20)30-31)32(19)25(33)16-8-14-4-3-7-28-24(14)29-13-16/h3-4,7-11,13,19,21H,2,5-6,12H2,1H3. The summed E-state index contributed by atoms with van der Waals surface area (Å²) in [6.45, 7) is 0. The molecule has 5 heterocycles. The topological polar surface area (TPSA) is 63.9 Å². The van der Waals surface area contributed by atoms with E-state index in [1.54, 1.807) is 24.1 Å². The quantitative estimate of drug-likeness (QED) is 0.452. The molecule has 6 rings (SSSR count). The Morgan fingerprint density at radius 2 is 1.91 bits per heavy atom. The van der Waals surface area contributed by atoms with Gasteiger partial charge in [0.2, 0.25) is 0 Å². The summed E-state index contributed by atoms with van der Waals surface area (Å²) >= 11 is 0. The number of carbonyl (C=O) groups is 1. The first-order valence-electron chi connectivity index (χ1n) is 11.1. The number of rotatable bonds is 2. The van der Waals surface area contributed by atoms with Gasteiger partial charge in [0, 0.05) is 48.1 Å². The van der Waals surface area contributed by atoms with Crippen LogP contribution in [0.3, 0.4) is 0 Å². The molecule has 0 spiro atoms. The van der Waals surface area contributed by atoms with Crippen molar-refractivity contribution in [3.05, 3.63) is 77.2 Å². The zero-order valence-electron chi connectivity index (χ0n) is 18.0. The van der Waals surface area contributed by atoms with Crippen molar-refractivity contribution >= 4 is 16.9 Å². The molecule has 1 fully saturated rings. The van der Waals surface area contributed by atoms with E-state index < -0.39 is 11.6 Å². The van der Waals surface area contributed by atoms with Gasteiger partial charge in [0.05, 0.1) is 23.0 Å². The average Bonchev–Trinajstić information content (AvgIpc) is 3.13. The van der Waals surface area contributed by atoms with Gasteiger partial charge >= 0.3 is 0 Å². The third-order valence-electron chi connectivity index (χ3n) is 6.75. The number of aromatic nitrogens is 4. The molecule has 0 saturated carbocycles. The normalized spacial score (nSPS) is 19.5. The first-order chi connectivity index (χ1) is 16.0. The molecule has 4 aromatic rings. The van der Waals surface area contributed by atoms with Gasteiger partial charge in [-0.25, -0.2) is 18.7 Å². The van der Waals surface area contributed by atoms with E-state index in [9.17, 15) is 13.6 Å². The highest BCUT2D eigenvalue weighted by molar-refractivity contribution is 5.97. The number of hydrogen-bond donors (Lipinski definition) is 0. The molecule has 1 amide bonds. The Kier molecular flexibility index (Phi) is 4.50. The van der Waals surface area contributed by atoms with Gasteiger partial charge in [-0.2, -0.15) is 5.10 Å². The monoisotopic (exact) mass is 445 g/mol. The number of halogens is 2. The van der Waals surface area contributed by atoms with Crippen molar-refractivity contribution in [3.63, 3.8) is 0 Å². The SMILES string of the molecule is Cn1nc2c(c1-c1cc(F)cc(F)c1)CC1CCCC2N1C(=O)c1cnc2ncccc2c1. The molecule has 166 valence electrons. The molecule has 2 aliphatic rings. The van der Waals surface area contributed by atoms with Crippen molar-refractivity contribution in [2.24, 2.45) is 7.05 Å². The third kappa shape index (κ3) is 3.20. The molecule has 2 bridgehead atoms. The van der Waals surface area contributed by atoms with Crippen LogP contribution in [0.25, 0.3) is 22.3 Å². The smallest absolute Gasteiger partial charge is 0.256 e.